The molecular weight excluding hydrogens is 317 g/mol. The van der Waals surface area contributed by atoms with E-state index in [2.05, 4.69) is 10.3 Å². The number of hydrogen-bond donors (Lipinski definition) is 2. The van der Waals surface area contributed by atoms with E-state index in [4.69, 9.17) is 0 Å². The van der Waals surface area contributed by atoms with E-state index in [1.807, 2.05) is 0 Å². The van der Waals surface area contributed by atoms with Gasteiger partial charge in [0.1, 0.15) is 11.5 Å². The fourth-order valence-electron chi connectivity index (χ4n) is 2.12. The maximum atomic E-state index is 13.0. The number of aliphatic hydroxyl groups excluding tert-OH is 1. The Hall–Kier alpha value is -2.25. The van der Waals surface area contributed by atoms with Crippen LogP contribution in [0.15, 0.2) is 35.8 Å². The van der Waals surface area contributed by atoms with Gasteiger partial charge in [-0.2, -0.15) is 0 Å². The predicted octanol–water partition coefficient (Wildman–Crippen LogP) is 2.70. The maximum absolute atomic E-state index is 13.0. The van der Waals surface area contributed by atoms with Crippen molar-refractivity contribution in [2.24, 2.45) is 0 Å². The van der Waals surface area contributed by atoms with Gasteiger partial charge in [0, 0.05) is 17.1 Å². The zero-order valence-electron chi connectivity index (χ0n) is 12.7. The second-order valence-electron chi connectivity index (χ2n) is 5.90. The van der Waals surface area contributed by atoms with E-state index in [1.165, 1.54) is 23.5 Å². The molecule has 1 aromatic carbocycles. The average Bonchev–Trinajstić information content (AvgIpc) is 3.07. The highest BCUT2D eigenvalue weighted by atomic mass is 32.1. The first-order valence-corrected chi connectivity index (χ1v) is 7.93. The molecule has 0 spiro atoms. The standard InChI is InChI=1S/C16H16FN3O2S/c1-16(2,9-21)19-14(22)13-8-23-15-18-12(7-20(13)15)10-3-5-11(17)6-4-10/h3-8,21H,9H2,1-2H3,(H,19,22). The van der Waals surface area contributed by atoms with Crippen LogP contribution in [0.1, 0.15) is 24.3 Å². The number of fused-ring (bicyclic) bond motifs is 1. The summed E-state index contributed by atoms with van der Waals surface area (Å²) in [5, 5.41) is 13.8. The van der Waals surface area contributed by atoms with Crippen LogP contribution in [0, 0.1) is 5.82 Å². The molecule has 7 heteroatoms. The Bertz CT molecular complexity index is 852. The number of carbonyl (C=O) groups excluding carboxylic acids is 1. The Kier molecular flexibility index (Phi) is 3.91. The molecule has 0 bridgehead atoms. The third kappa shape index (κ3) is 3.11. The van der Waals surface area contributed by atoms with E-state index in [9.17, 15) is 14.3 Å². The molecule has 2 N–H and O–H groups in total. The molecule has 0 radical (unpaired) electrons. The van der Waals surface area contributed by atoms with Crippen molar-refractivity contribution >= 4 is 22.2 Å². The number of hydrogen-bond acceptors (Lipinski definition) is 4. The quantitative estimate of drug-likeness (QED) is 0.771. The summed E-state index contributed by atoms with van der Waals surface area (Å²) in [4.78, 5) is 17.5. The first kappa shape index (κ1) is 15.6. The van der Waals surface area contributed by atoms with Gasteiger partial charge in [0.25, 0.3) is 5.91 Å². The van der Waals surface area contributed by atoms with Crippen molar-refractivity contribution in [1.29, 1.82) is 0 Å². The minimum absolute atomic E-state index is 0.156. The van der Waals surface area contributed by atoms with Crippen molar-refractivity contribution < 1.29 is 14.3 Å². The molecule has 23 heavy (non-hydrogen) atoms. The highest BCUT2D eigenvalue weighted by Gasteiger charge is 2.22. The molecule has 0 fully saturated rings. The molecule has 3 rings (SSSR count). The van der Waals surface area contributed by atoms with Gasteiger partial charge in [-0.25, -0.2) is 9.37 Å². The summed E-state index contributed by atoms with van der Waals surface area (Å²) in [7, 11) is 0. The number of halogens is 1. The fourth-order valence-corrected chi connectivity index (χ4v) is 2.97. The molecule has 3 aromatic rings. The van der Waals surface area contributed by atoms with Crippen LogP contribution in [0.4, 0.5) is 4.39 Å². The summed E-state index contributed by atoms with van der Waals surface area (Å²) in [6, 6.07) is 6.05. The third-order valence-corrected chi connectivity index (χ3v) is 4.27. The molecule has 0 atom stereocenters. The summed E-state index contributed by atoms with van der Waals surface area (Å²) in [6.07, 6.45) is 1.75. The number of imidazole rings is 1. The summed E-state index contributed by atoms with van der Waals surface area (Å²) >= 11 is 1.35. The van der Waals surface area contributed by atoms with E-state index in [0.717, 1.165) is 5.56 Å². The molecule has 0 saturated carbocycles. The number of rotatable bonds is 4. The van der Waals surface area contributed by atoms with E-state index in [-0.39, 0.29) is 18.3 Å². The summed E-state index contributed by atoms with van der Waals surface area (Å²) in [5.74, 6) is -0.584. The van der Waals surface area contributed by atoms with Crippen molar-refractivity contribution in [3.63, 3.8) is 0 Å². The lowest BCUT2D eigenvalue weighted by Crippen LogP contribution is -2.46. The van der Waals surface area contributed by atoms with Crippen LogP contribution < -0.4 is 5.32 Å². The number of carbonyl (C=O) groups is 1. The van der Waals surface area contributed by atoms with Crippen LogP contribution >= 0.6 is 11.3 Å². The molecule has 0 aliphatic rings. The largest absolute Gasteiger partial charge is 0.394 e. The molecule has 0 saturated heterocycles. The monoisotopic (exact) mass is 333 g/mol. The summed E-state index contributed by atoms with van der Waals surface area (Å²) < 4.78 is 14.7. The lowest BCUT2D eigenvalue weighted by molar-refractivity contribution is 0.0863. The zero-order valence-corrected chi connectivity index (χ0v) is 13.5. The highest BCUT2D eigenvalue weighted by Crippen LogP contribution is 2.24. The highest BCUT2D eigenvalue weighted by molar-refractivity contribution is 7.15. The maximum Gasteiger partial charge on any atom is 0.269 e. The number of benzene rings is 1. The van der Waals surface area contributed by atoms with Gasteiger partial charge in [-0.3, -0.25) is 9.20 Å². The van der Waals surface area contributed by atoms with E-state index in [0.29, 0.717) is 16.3 Å². The van der Waals surface area contributed by atoms with Crippen molar-refractivity contribution in [2.45, 2.75) is 19.4 Å². The zero-order chi connectivity index (χ0) is 16.6. The first-order valence-electron chi connectivity index (χ1n) is 7.05. The molecule has 5 nitrogen and oxygen atoms in total. The molecule has 2 heterocycles. The topological polar surface area (TPSA) is 66.6 Å². The van der Waals surface area contributed by atoms with Crippen molar-refractivity contribution in [2.75, 3.05) is 6.61 Å². The number of aliphatic hydroxyl groups is 1. The molecular formula is C16H16FN3O2S. The van der Waals surface area contributed by atoms with Gasteiger partial charge >= 0.3 is 0 Å². The second kappa shape index (κ2) is 5.75. The molecule has 120 valence electrons. The van der Waals surface area contributed by atoms with Crippen molar-refractivity contribution in [3.05, 3.63) is 47.4 Å². The Morgan fingerprint density at radius 1 is 1.39 bits per heavy atom. The molecule has 0 aliphatic carbocycles. The van der Waals surface area contributed by atoms with E-state index in [1.54, 1.807) is 42.0 Å². The summed E-state index contributed by atoms with van der Waals surface area (Å²) in [6.45, 7) is 3.33. The van der Waals surface area contributed by atoms with Gasteiger partial charge in [0.2, 0.25) is 0 Å². The van der Waals surface area contributed by atoms with Crippen LogP contribution in [-0.2, 0) is 0 Å². The normalized spacial score (nSPS) is 11.8. The van der Waals surface area contributed by atoms with Gasteiger partial charge in [0.05, 0.1) is 17.8 Å². The Labute approximate surface area is 136 Å². The average molecular weight is 333 g/mol. The molecule has 2 aromatic heterocycles. The number of thiazole rings is 1. The van der Waals surface area contributed by atoms with Crippen molar-refractivity contribution in [1.82, 2.24) is 14.7 Å². The third-order valence-electron chi connectivity index (χ3n) is 3.43. The van der Waals surface area contributed by atoms with Gasteiger partial charge < -0.3 is 10.4 Å². The number of amides is 1. The van der Waals surface area contributed by atoms with Crippen molar-refractivity contribution in [3.8, 4) is 11.3 Å². The number of nitrogens with zero attached hydrogens (tertiary/aromatic N) is 2. The number of nitrogens with one attached hydrogen (secondary N) is 1. The number of aromatic nitrogens is 2. The van der Waals surface area contributed by atoms with Crippen LogP contribution in [0.3, 0.4) is 0 Å². The SMILES string of the molecule is CC(C)(CO)NC(=O)c1csc2nc(-c3ccc(F)cc3)cn12. The van der Waals surface area contributed by atoms with Crippen LogP contribution in [0.25, 0.3) is 16.2 Å². The Balaban J connectivity index is 1.94. The Morgan fingerprint density at radius 2 is 2.09 bits per heavy atom. The minimum atomic E-state index is -0.703. The summed E-state index contributed by atoms with van der Waals surface area (Å²) in [5.41, 5.74) is 1.20. The van der Waals surface area contributed by atoms with Gasteiger partial charge in [-0.05, 0) is 38.1 Å². The predicted molar refractivity (Wildman–Crippen MR) is 87.1 cm³/mol. The van der Waals surface area contributed by atoms with Crippen LogP contribution in [-0.4, -0.2) is 32.5 Å². The minimum Gasteiger partial charge on any atom is -0.394 e. The Morgan fingerprint density at radius 3 is 2.74 bits per heavy atom. The van der Waals surface area contributed by atoms with Gasteiger partial charge in [0.15, 0.2) is 4.96 Å². The van der Waals surface area contributed by atoms with Gasteiger partial charge in [-0.1, -0.05) is 0 Å². The lowest BCUT2D eigenvalue weighted by atomic mass is 10.1. The van der Waals surface area contributed by atoms with Crippen LogP contribution in [0.5, 0.6) is 0 Å². The molecule has 0 unspecified atom stereocenters. The fraction of sp³-hybridized carbons (Fsp3) is 0.250. The van der Waals surface area contributed by atoms with E-state index < -0.39 is 5.54 Å². The van der Waals surface area contributed by atoms with Gasteiger partial charge in [-0.15, -0.1) is 11.3 Å². The van der Waals surface area contributed by atoms with E-state index >= 15 is 0 Å². The molecule has 0 aliphatic heterocycles. The first-order chi connectivity index (χ1) is 10.9. The molecule has 1 amide bonds. The lowest BCUT2D eigenvalue weighted by Gasteiger charge is -2.23. The second-order valence-corrected chi connectivity index (χ2v) is 6.74. The van der Waals surface area contributed by atoms with Crippen LogP contribution in [0.2, 0.25) is 0 Å². The smallest absolute Gasteiger partial charge is 0.269 e.